The van der Waals surface area contributed by atoms with Crippen molar-refractivity contribution in [3.8, 4) is 11.3 Å². The number of hydrogen-bond acceptors (Lipinski definition) is 2. The SMILES string of the molecule is OCc1cnc(-c2cccc(Cl)c2Cl)c(F)c1. The summed E-state index contributed by atoms with van der Waals surface area (Å²) in [7, 11) is 0. The quantitative estimate of drug-likeness (QED) is 0.904. The lowest BCUT2D eigenvalue weighted by Gasteiger charge is -2.07. The average molecular weight is 272 g/mol. The van der Waals surface area contributed by atoms with Crippen LogP contribution in [-0.2, 0) is 6.61 Å². The first-order chi connectivity index (χ1) is 8.13. The van der Waals surface area contributed by atoms with Crippen LogP contribution in [0, 0.1) is 5.82 Å². The van der Waals surface area contributed by atoms with Crippen molar-refractivity contribution in [3.05, 3.63) is 51.9 Å². The Morgan fingerprint density at radius 3 is 2.71 bits per heavy atom. The van der Waals surface area contributed by atoms with E-state index >= 15 is 0 Å². The van der Waals surface area contributed by atoms with Crippen LogP contribution in [0.15, 0.2) is 30.5 Å². The highest BCUT2D eigenvalue weighted by Gasteiger charge is 2.12. The van der Waals surface area contributed by atoms with Crippen LogP contribution in [0.5, 0.6) is 0 Å². The normalized spacial score (nSPS) is 10.6. The van der Waals surface area contributed by atoms with Crippen molar-refractivity contribution in [2.24, 2.45) is 0 Å². The zero-order valence-electron chi connectivity index (χ0n) is 8.62. The number of aliphatic hydroxyl groups is 1. The van der Waals surface area contributed by atoms with Gasteiger partial charge in [-0.05, 0) is 17.7 Å². The van der Waals surface area contributed by atoms with Crippen molar-refractivity contribution < 1.29 is 9.50 Å². The molecule has 5 heteroatoms. The number of pyridine rings is 1. The summed E-state index contributed by atoms with van der Waals surface area (Å²) in [5.74, 6) is -0.541. The van der Waals surface area contributed by atoms with Gasteiger partial charge in [-0.3, -0.25) is 4.98 Å². The van der Waals surface area contributed by atoms with Gasteiger partial charge in [-0.15, -0.1) is 0 Å². The highest BCUT2D eigenvalue weighted by molar-refractivity contribution is 6.43. The lowest BCUT2D eigenvalue weighted by Crippen LogP contribution is -1.94. The second-order valence-corrected chi connectivity index (χ2v) is 4.22. The second kappa shape index (κ2) is 5.00. The van der Waals surface area contributed by atoms with E-state index in [0.29, 0.717) is 16.1 Å². The Bertz CT molecular complexity index is 560. The number of nitrogens with zero attached hydrogens (tertiary/aromatic N) is 1. The maximum absolute atomic E-state index is 13.8. The van der Waals surface area contributed by atoms with Gasteiger partial charge in [0, 0.05) is 11.8 Å². The van der Waals surface area contributed by atoms with Gasteiger partial charge in [-0.1, -0.05) is 35.3 Å². The molecular formula is C12H8Cl2FNO. The predicted octanol–water partition coefficient (Wildman–Crippen LogP) is 3.69. The van der Waals surface area contributed by atoms with Crippen LogP contribution in [-0.4, -0.2) is 10.1 Å². The number of rotatable bonds is 2. The van der Waals surface area contributed by atoms with Crippen LogP contribution < -0.4 is 0 Å². The second-order valence-electron chi connectivity index (χ2n) is 3.43. The summed E-state index contributed by atoms with van der Waals surface area (Å²) in [6.07, 6.45) is 1.40. The molecular weight excluding hydrogens is 264 g/mol. The molecule has 0 amide bonds. The third-order valence-electron chi connectivity index (χ3n) is 2.29. The Morgan fingerprint density at radius 2 is 2.06 bits per heavy atom. The van der Waals surface area contributed by atoms with Gasteiger partial charge in [0.1, 0.15) is 11.5 Å². The molecule has 1 N–H and O–H groups in total. The van der Waals surface area contributed by atoms with E-state index in [4.69, 9.17) is 28.3 Å². The predicted molar refractivity (Wildman–Crippen MR) is 65.6 cm³/mol. The number of aromatic nitrogens is 1. The number of halogens is 3. The van der Waals surface area contributed by atoms with Gasteiger partial charge >= 0.3 is 0 Å². The van der Waals surface area contributed by atoms with Crippen molar-refractivity contribution in [1.82, 2.24) is 4.98 Å². The highest BCUT2D eigenvalue weighted by atomic mass is 35.5. The molecule has 88 valence electrons. The van der Waals surface area contributed by atoms with E-state index in [1.54, 1.807) is 18.2 Å². The summed E-state index contributed by atoms with van der Waals surface area (Å²) in [5, 5.41) is 9.47. The van der Waals surface area contributed by atoms with Gasteiger partial charge in [-0.25, -0.2) is 4.39 Å². The smallest absolute Gasteiger partial charge is 0.149 e. The van der Waals surface area contributed by atoms with E-state index in [9.17, 15) is 4.39 Å². The minimum Gasteiger partial charge on any atom is -0.392 e. The lowest BCUT2D eigenvalue weighted by molar-refractivity contribution is 0.280. The zero-order chi connectivity index (χ0) is 12.4. The number of benzene rings is 1. The molecule has 0 unspecified atom stereocenters. The number of aliphatic hydroxyl groups excluding tert-OH is 1. The molecule has 0 aliphatic heterocycles. The van der Waals surface area contributed by atoms with Crippen LogP contribution >= 0.6 is 23.2 Å². The summed E-state index contributed by atoms with van der Waals surface area (Å²) in [6, 6.07) is 6.15. The fourth-order valence-electron chi connectivity index (χ4n) is 1.45. The topological polar surface area (TPSA) is 33.1 Å². The Balaban J connectivity index is 2.57. The van der Waals surface area contributed by atoms with Crippen molar-refractivity contribution >= 4 is 23.2 Å². The molecule has 2 aromatic rings. The standard InChI is InChI=1S/C12H8Cl2FNO/c13-9-3-1-2-8(11(9)14)12-10(15)4-7(6-17)5-16-12/h1-5,17H,6H2. The number of hydrogen-bond donors (Lipinski definition) is 1. The summed E-state index contributed by atoms with van der Waals surface area (Å²) in [4.78, 5) is 3.94. The molecule has 0 aliphatic rings. The van der Waals surface area contributed by atoms with Crippen LogP contribution in [0.25, 0.3) is 11.3 Å². The summed E-state index contributed by atoms with van der Waals surface area (Å²) in [5.41, 5.74) is 0.959. The maximum atomic E-state index is 13.8. The largest absolute Gasteiger partial charge is 0.392 e. The lowest BCUT2D eigenvalue weighted by atomic mass is 10.1. The van der Waals surface area contributed by atoms with Crippen LogP contribution in [0.4, 0.5) is 4.39 Å². The Labute approximate surface area is 108 Å². The van der Waals surface area contributed by atoms with Gasteiger partial charge in [0.05, 0.1) is 16.7 Å². The Morgan fingerprint density at radius 1 is 1.29 bits per heavy atom. The van der Waals surface area contributed by atoms with Gasteiger partial charge in [0.15, 0.2) is 0 Å². The molecule has 0 atom stereocenters. The van der Waals surface area contributed by atoms with Crippen LogP contribution in [0.1, 0.15) is 5.56 Å². The Hall–Kier alpha value is -1.16. The molecule has 0 aliphatic carbocycles. The molecule has 0 radical (unpaired) electrons. The maximum Gasteiger partial charge on any atom is 0.149 e. The first-order valence-electron chi connectivity index (χ1n) is 4.83. The third kappa shape index (κ3) is 2.41. The first-order valence-corrected chi connectivity index (χ1v) is 5.58. The van der Waals surface area contributed by atoms with Gasteiger partial charge in [0.2, 0.25) is 0 Å². The molecule has 1 aromatic carbocycles. The average Bonchev–Trinajstić information content (AvgIpc) is 2.33. The molecule has 0 spiro atoms. The first kappa shape index (κ1) is 12.3. The molecule has 0 bridgehead atoms. The van der Waals surface area contributed by atoms with Crippen molar-refractivity contribution in [3.63, 3.8) is 0 Å². The van der Waals surface area contributed by atoms with Crippen molar-refractivity contribution in [1.29, 1.82) is 0 Å². The third-order valence-corrected chi connectivity index (χ3v) is 3.11. The van der Waals surface area contributed by atoms with Crippen LogP contribution in [0.2, 0.25) is 10.0 Å². The van der Waals surface area contributed by atoms with Gasteiger partial charge in [0.25, 0.3) is 0 Å². The van der Waals surface area contributed by atoms with Crippen LogP contribution in [0.3, 0.4) is 0 Å². The molecule has 0 saturated heterocycles. The van der Waals surface area contributed by atoms with E-state index in [2.05, 4.69) is 4.98 Å². The van der Waals surface area contributed by atoms with Crippen molar-refractivity contribution in [2.75, 3.05) is 0 Å². The molecule has 1 heterocycles. The summed E-state index contributed by atoms with van der Waals surface area (Å²) in [6.45, 7) is -0.256. The molecule has 0 fully saturated rings. The minimum atomic E-state index is -0.541. The highest BCUT2D eigenvalue weighted by Crippen LogP contribution is 2.33. The van der Waals surface area contributed by atoms with Crippen molar-refractivity contribution in [2.45, 2.75) is 6.61 Å². The van der Waals surface area contributed by atoms with E-state index in [0.717, 1.165) is 0 Å². The fourth-order valence-corrected chi connectivity index (χ4v) is 1.84. The molecule has 17 heavy (non-hydrogen) atoms. The molecule has 1 aromatic heterocycles. The van der Waals surface area contributed by atoms with Gasteiger partial charge < -0.3 is 5.11 Å². The fraction of sp³-hybridized carbons (Fsp3) is 0.0833. The molecule has 2 rings (SSSR count). The zero-order valence-corrected chi connectivity index (χ0v) is 10.1. The summed E-state index contributed by atoms with van der Waals surface area (Å²) < 4.78 is 13.8. The van der Waals surface area contributed by atoms with Gasteiger partial charge in [-0.2, -0.15) is 0 Å². The van der Waals surface area contributed by atoms with E-state index in [1.165, 1.54) is 12.3 Å². The van der Waals surface area contributed by atoms with E-state index in [1.807, 2.05) is 0 Å². The minimum absolute atomic E-state index is 0.120. The Kier molecular flexibility index (Phi) is 3.62. The van der Waals surface area contributed by atoms with E-state index < -0.39 is 5.82 Å². The summed E-state index contributed by atoms with van der Waals surface area (Å²) >= 11 is 11.8. The monoisotopic (exact) mass is 271 g/mol. The van der Waals surface area contributed by atoms with E-state index in [-0.39, 0.29) is 17.3 Å². The molecule has 0 saturated carbocycles. The molecule has 2 nitrogen and oxygen atoms in total.